The smallest absolute Gasteiger partial charge is 0.267 e. The van der Waals surface area contributed by atoms with Gasteiger partial charge in [0.1, 0.15) is 11.6 Å². The molecule has 0 spiro atoms. The molecule has 134 valence electrons. The quantitative estimate of drug-likeness (QED) is 0.562. The normalized spacial score (nSPS) is 11.2. The lowest BCUT2D eigenvalue weighted by Crippen LogP contribution is -2.17. The summed E-state index contributed by atoms with van der Waals surface area (Å²) in [6.07, 6.45) is 2.34. The lowest BCUT2D eigenvalue weighted by Gasteiger charge is -2.16. The molecule has 2 N–H and O–H groups in total. The Morgan fingerprint density at radius 2 is 1.92 bits per heavy atom. The summed E-state index contributed by atoms with van der Waals surface area (Å²) in [5.41, 5.74) is 4.87. The predicted molar refractivity (Wildman–Crippen MR) is 107 cm³/mol. The first-order valence-electron chi connectivity index (χ1n) is 8.83. The monoisotopic (exact) mass is 347 g/mol. The third-order valence-corrected chi connectivity index (χ3v) is 4.30. The maximum atomic E-state index is 12.6. The number of nitrogens with one attached hydrogen (secondary N) is 2. The van der Waals surface area contributed by atoms with Crippen LogP contribution in [0.15, 0.2) is 54.2 Å². The van der Waals surface area contributed by atoms with Crippen LogP contribution in [0.25, 0.3) is 0 Å². The first-order valence-corrected chi connectivity index (χ1v) is 8.83. The van der Waals surface area contributed by atoms with E-state index in [0.29, 0.717) is 0 Å². The van der Waals surface area contributed by atoms with Crippen LogP contribution in [0, 0.1) is 18.3 Å². The molecule has 26 heavy (non-hydrogen) atoms. The Labute approximate surface area is 155 Å². The van der Waals surface area contributed by atoms with E-state index in [0.717, 1.165) is 34.5 Å². The van der Waals surface area contributed by atoms with Crippen LogP contribution in [-0.4, -0.2) is 5.91 Å². The van der Waals surface area contributed by atoms with Crippen molar-refractivity contribution in [2.75, 3.05) is 10.6 Å². The van der Waals surface area contributed by atoms with E-state index in [9.17, 15) is 10.1 Å². The molecule has 0 saturated heterocycles. The van der Waals surface area contributed by atoms with Gasteiger partial charge in [-0.25, -0.2) is 0 Å². The minimum absolute atomic E-state index is 0.0360. The first-order chi connectivity index (χ1) is 12.5. The molecule has 1 amide bonds. The molecule has 0 bridgehead atoms. The molecule has 0 aliphatic heterocycles. The van der Waals surface area contributed by atoms with Crippen LogP contribution in [-0.2, 0) is 11.2 Å². The molecule has 2 aromatic rings. The van der Waals surface area contributed by atoms with Gasteiger partial charge in [-0.3, -0.25) is 4.79 Å². The van der Waals surface area contributed by atoms with Crippen LogP contribution >= 0.6 is 0 Å². The van der Waals surface area contributed by atoms with E-state index in [1.807, 2.05) is 55.5 Å². The van der Waals surface area contributed by atoms with Gasteiger partial charge in [0.2, 0.25) is 0 Å². The zero-order valence-electron chi connectivity index (χ0n) is 15.8. The van der Waals surface area contributed by atoms with Crippen molar-refractivity contribution in [3.63, 3.8) is 0 Å². The van der Waals surface area contributed by atoms with Gasteiger partial charge in [-0.2, -0.15) is 5.26 Å². The average molecular weight is 347 g/mol. The van der Waals surface area contributed by atoms with Crippen LogP contribution in [0.4, 0.5) is 11.4 Å². The summed E-state index contributed by atoms with van der Waals surface area (Å²) in [5.74, 6) is -0.139. The van der Waals surface area contributed by atoms with E-state index >= 15 is 0 Å². The van der Waals surface area contributed by atoms with Crippen LogP contribution in [0.2, 0.25) is 0 Å². The van der Waals surface area contributed by atoms with Gasteiger partial charge < -0.3 is 10.6 Å². The van der Waals surface area contributed by atoms with Gasteiger partial charge in [0.25, 0.3) is 5.91 Å². The number of benzene rings is 2. The number of carbonyl (C=O) groups excluding carboxylic acids is 1. The molecule has 0 unspecified atom stereocenters. The molecule has 2 aromatic carbocycles. The summed E-state index contributed by atoms with van der Waals surface area (Å²) in [6, 6.07) is 15.8. The Hall–Kier alpha value is -3.06. The van der Waals surface area contributed by atoms with E-state index in [1.165, 1.54) is 6.20 Å². The minimum Gasteiger partial charge on any atom is -0.360 e. The molecule has 0 aliphatic rings. The number of para-hydroxylation sites is 2. The zero-order chi connectivity index (χ0) is 19.1. The first kappa shape index (κ1) is 19.3. The summed E-state index contributed by atoms with van der Waals surface area (Å²) in [4.78, 5) is 12.6. The van der Waals surface area contributed by atoms with Crippen molar-refractivity contribution in [1.29, 1.82) is 5.26 Å². The fourth-order valence-corrected chi connectivity index (χ4v) is 2.79. The second-order valence-electron chi connectivity index (χ2n) is 6.47. The molecule has 2 rings (SSSR count). The van der Waals surface area contributed by atoms with E-state index in [-0.39, 0.29) is 11.5 Å². The van der Waals surface area contributed by atoms with Crippen molar-refractivity contribution in [2.45, 2.75) is 40.0 Å². The topological polar surface area (TPSA) is 64.9 Å². The number of anilines is 2. The SMILES string of the molecule is CCc1ccccc1N/C=C(/C#N)C(=O)Nc1c(C)cccc1C(C)C. The largest absolute Gasteiger partial charge is 0.360 e. The fraction of sp³-hybridized carbons (Fsp3) is 0.273. The lowest BCUT2D eigenvalue weighted by molar-refractivity contribution is -0.112. The summed E-state index contributed by atoms with van der Waals surface area (Å²) >= 11 is 0. The lowest BCUT2D eigenvalue weighted by atomic mass is 9.98. The van der Waals surface area contributed by atoms with Crippen LogP contribution < -0.4 is 10.6 Å². The second-order valence-corrected chi connectivity index (χ2v) is 6.47. The molecule has 0 heterocycles. The standard InChI is InChI=1S/C22H25N3O/c1-5-17-10-6-7-12-20(17)24-14-18(13-23)22(26)25-21-16(4)9-8-11-19(21)15(2)3/h6-12,14-15,24H,5H2,1-4H3,(H,25,26)/b18-14-. The van der Waals surface area contributed by atoms with Crippen molar-refractivity contribution in [1.82, 2.24) is 0 Å². The Balaban J connectivity index is 2.24. The summed E-state index contributed by atoms with van der Waals surface area (Å²) < 4.78 is 0. The molecule has 0 atom stereocenters. The van der Waals surface area contributed by atoms with Crippen molar-refractivity contribution in [3.05, 3.63) is 70.9 Å². The highest BCUT2D eigenvalue weighted by Gasteiger charge is 2.15. The number of aryl methyl sites for hydroxylation is 2. The Morgan fingerprint density at radius 1 is 1.19 bits per heavy atom. The van der Waals surface area contributed by atoms with Gasteiger partial charge in [0, 0.05) is 17.6 Å². The number of carbonyl (C=O) groups is 1. The van der Waals surface area contributed by atoms with E-state index < -0.39 is 5.91 Å². The minimum atomic E-state index is -0.412. The van der Waals surface area contributed by atoms with E-state index in [4.69, 9.17) is 0 Å². The molecule has 0 fully saturated rings. The van der Waals surface area contributed by atoms with Crippen LogP contribution in [0.3, 0.4) is 0 Å². The van der Waals surface area contributed by atoms with Gasteiger partial charge >= 0.3 is 0 Å². The molecule has 4 heteroatoms. The summed E-state index contributed by atoms with van der Waals surface area (Å²) in [7, 11) is 0. The van der Waals surface area contributed by atoms with Crippen LogP contribution in [0.1, 0.15) is 43.4 Å². The fourth-order valence-electron chi connectivity index (χ4n) is 2.79. The summed E-state index contributed by atoms with van der Waals surface area (Å²) in [6.45, 7) is 8.17. The van der Waals surface area contributed by atoms with Gasteiger partial charge in [-0.1, -0.05) is 57.2 Å². The second kappa shape index (κ2) is 8.87. The third-order valence-electron chi connectivity index (χ3n) is 4.30. The molecule has 0 saturated carbocycles. The van der Waals surface area contributed by atoms with Crippen molar-refractivity contribution < 1.29 is 4.79 Å². The zero-order valence-corrected chi connectivity index (χ0v) is 15.8. The molecule has 0 aliphatic carbocycles. The number of amides is 1. The number of nitrogens with zero attached hydrogens (tertiary/aromatic N) is 1. The molecule has 0 radical (unpaired) electrons. The maximum absolute atomic E-state index is 12.6. The van der Waals surface area contributed by atoms with Gasteiger partial charge in [-0.05, 0) is 42.0 Å². The summed E-state index contributed by atoms with van der Waals surface area (Å²) in [5, 5.41) is 15.4. The van der Waals surface area contributed by atoms with Gasteiger partial charge in [0.05, 0.1) is 0 Å². The Kier molecular flexibility index (Phi) is 6.57. The van der Waals surface area contributed by atoms with Crippen LogP contribution in [0.5, 0.6) is 0 Å². The van der Waals surface area contributed by atoms with Gasteiger partial charge in [-0.15, -0.1) is 0 Å². The molecule has 0 aromatic heterocycles. The maximum Gasteiger partial charge on any atom is 0.267 e. The highest BCUT2D eigenvalue weighted by atomic mass is 16.1. The average Bonchev–Trinajstić information content (AvgIpc) is 2.64. The molecular weight excluding hydrogens is 322 g/mol. The number of hydrogen-bond donors (Lipinski definition) is 2. The number of nitriles is 1. The van der Waals surface area contributed by atoms with Gasteiger partial charge in [0.15, 0.2) is 0 Å². The number of hydrogen-bond acceptors (Lipinski definition) is 3. The Bertz CT molecular complexity index is 860. The van der Waals surface area contributed by atoms with Crippen molar-refractivity contribution in [2.24, 2.45) is 0 Å². The van der Waals surface area contributed by atoms with Crippen molar-refractivity contribution >= 4 is 17.3 Å². The Morgan fingerprint density at radius 3 is 2.58 bits per heavy atom. The number of rotatable bonds is 6. The highest BCUT2D eigenvalue weighted by molar-refractivity contribution is 6.07. The predicted octanol–water partition coefficient (Wildman–Crippen LogP) is 5.14. The van der Waals surface area contributed by atoms with E-state index in [1.54, 1.807) is 0 Å². The molecular formula is C22H25N3O. The molecule has 4 nitrogen and oxygen atoms in total. The van der Waals surface area contributed by atoms with Crippen molar-refractivity contribution in [3.8, 4) is 6.07 Å². The highest BCUT2D eigenvalue weighted by Crippen LogP contribution is 2.27. The van der Waals surface area contributed by atoms with E-state index in [2.05, 4.69) is 31.4 Å². The third kappa shape index (κ3) is 4.52.